The minimum atomic E-state index is -0.856. The number of rotatable bonds is 6. The van der Waals surface area contributed by atoms with Crippen molar-refractivity contribution < 1.29 is 9.53 Å². The van der Waals surface area contributed by atoms with Crippen LogP contribution in [0.4, 0.5) is 23.0 Å². The monoisotopic (exact) mass is 605 g/mol. The van der Waals surface area contributed by atoms with Crippen molar-refractivity contribution in [1.29, 1.82) is 0 Å². The number of aromatic nitrogens is 3. The third kappa shape index (κ3) is 5.49. The Morgan fingerprint density at radius 2 is 1.78 bits per heavy atom. The van der Waals surface area contributed by atoms with Gasteiger partial charge in [0.15, 0.2) is 5.78 Å². The third-order valence-electron chi connectivity index (χ3n) is 9.28. The van der Waals surface area contributed by atoms with Gasteiger partial charge in [-0.15, -0.1) is 0 Å². The molecule has 232 valence electrons. The first-order valence-electron chi connectivity index (χ1n) is 15.7. The molecule has 4 aromatic rings. The molecule has 45 heavy (non-hydrogen) atoms. The molecule has 2 aromatic carbocycles. The summed E-state index contributed by atoms with van der Waals surface area (Å²) >= 11 is 0. The summed E-state index contributed by atoms with van der Waals surface area (Å²) in [5.74, 6) is 0.330. The summed E-state index contributed by atoms with van der Waals surface area (Å²) < 4.78 is 7.14. The van der Waals surface area contributed by atoms with Crippen LogP contribution in [-0.2, 0) is 4.74 Å². The van der Waals surface area contributed by atoms with Gasteiger partial charge in [-0.05, 0) is 80.6 Å². The number of hydrogen-bond donors (Lipinski definition) is 3. The van der Waals surface area contributed by atoms with Crippen LogP contribution in [0, 0.1) is 5.92 Å². The van der Waals surface area contributed by atoms with E-state index in [4.69, 9.17) is 9.72 Å². The lowest BCUT2D eigenvalue weighted by Gasteiger charge is -2.41. The summed E-state index contributed by atoms with van der Waals surface area (Å²) in [6.45, 7) is 13.4. The van der Waals surface area contributed by atoms with Crippen LogP contribution in [-0.4, -0.2) is 65.3 Å². The van der Waals surface area contributed by atoms with Gasteiger partial charge in [-0.2, -0.15) is 4.98 Å². The molecule has 1 atom stereocenters. The number of ketones is 1. The van der Waals surface area contributed by atoms with Crippen molar-refractivity contribution in [2.24, 2.45) is 5.92 Å². The van der Waals surface area contributed by atoms with Crippen LogP contribution >= 0.6 is 0 Å². The van der Waals surface area contributed by atoms with Crippen molar-refractivity contribution in [3.8, 4) is 0 Å². The highest BCUT2D eigenvalue weighted by atomic mass is 16.5. The van der Waals surface area contributed by atoms with Crippen LogP contribution < -0.4 is 26.4 Å². The predicted molar refractivity (Wildman–Crippen MR) is 179 cm³/mol. The van der Waals surface area contributed by atoms with Gasteiger partial charge in [0.1, 0.15) is 11.7 Å². The van der Waals surface area contributed by atoms with E-state index in [0.717, 1.165) is 56.0 Å². The molecule has 7 rings (SSSR count). The number of carbonyl (C=O) groups excluding carboxylic acids is 1. The number of carbonyl (C=O) groups is 1. The van der Waals surface area contributed by atoms with E-state index in [9.17, 15) is 9.59 Å². The van der Waals surface area contributed by atoms with E-state index in [1.54, 1.807) is 16.8 Å². The number of pyridine rings is 1. The fourth-order valence-corrected chi connectivity index (χ4v) is 6.86. The molecule has 0 saturated carbocycles. The van der Waals surface area contributed by atoms with E-state index >= 15 is 0 Å². The molecule has 2 saturated heterocycles. The summed E-state index contributed by atoms with van der Waals surface area (Å²) in [6.07, 6.45) is 3.32. The number of benzene rings is 2. The van der Waals surface area contributed by atoms with E-state index in [1.807, 2.05) is 50.2 Å². The van der Waals surface area contributed by atoms with E-state index in [0.29, 0.717) is 41.3 Å². The first-order valence-corrected chi connectivity index (χ1v) is 15.7. The second kappa shape index (κ2) is 11.8. The van der Waals surface area contributed by atoms with Crippen molar-refractivity contribution in [3.63, 3.8) is 0 Å². The highest BCUT2D eigenvalue weighted by Gasteiger charge is 2.44. The fourth-order valence-electron chi connectivity index (χ4n) is 6.86. The lowest BCUT2D eigenvalue weighted by Crippen LogP contribution is -2.51. The number of anilines is 4. The van der Waals surface area contributed by atoms with Crippen LogP contribution in [0.5, 0.6) is 0 Å². The molecule has 10 nitrogen and oxygen atoms in total. The van der Waals surface area contributed by atoms with Crippen molar-refractivity contribution in [1.82, 2.24) is 19.9 Å². The number of fused-ring (bicyclic) bond motifs is 2. The van der Waals surface area contributed by atoms with E-state index in [2.05, 4.69) is 44.5 Å². The van der Waals surface area contributed by atoms with Gasteiger partial charge in [-0.25, -0.2) is 4.98 Å². The lowest BCUT2D eigenvalue weighted by atomic mass is 9.82. The van der Waals surface area contributed by atoms with Gasteiger partial charge in [0.2, 0.25) is 5.95 Å². The van der Waals surface area contributed by atoms with Crippen molar-refractivity contribution in [3.05, 3.63) is 88.9 Å². The second-order valence-corrected chi connectivity index (χ2v) is 12.7. The smallest absolute Gasteiger partial charge is 0.260 e. The molecular formula is C35H39N7O3. The van der Waals surface area contributed by atoms with Crippen LogP contribution in [0.15, 0.2) is 72.2 Å². The number of hydrogen-bond acceptors (Lipinski definition) is 9. The van der Waals surface area contributed by atoms with Crippen LogP contribution in [0.1, 0.15) is 48.7 Å². The molecule has 0 aliphatic carbocycles. The Balaban J connectivity index is 1.32. The van der Waals surface area contributed by atoms with Gasteiger partial charge < -0.3 is 25.6 Å². The maximum absolute atomic E-state index is 14.6. The lowest BCUT2D eigenvalue weighted by molar-refractivity contribution is 0.0808. The van der Waals surface area contributed by atoms with E-state index < -0.39 is 11.6 Å². The second-order valence-electron chi connectivity index (χ2n) is 12.7. The summed E-state index contributed by atoms with van der Waals surface area (Å²) in [7, 11) is 0. The Hall–Kier alpha value is -4.54. The number of para-hydroxylation sites is 1. The average molecular weight is 606 g/mol. The van der Waals surface area contributed by atoms with Crippen LogP contribution in [0.25, 0.3) is 16.6 Å². The fraction of sp³-hybridized carbons (Fsp3) is 0.371. The molecule has 3 N–H and O–H groups in total. The molecule has 1 unspecified atom stereocenters. The maximum atomic E-state index is 14.6. The van der Waals surface area contributed by atoms with Gasteiger partial charge in [-0.1, -0.05) is 18.7 Å². The first kappa shape index (κ1) is 29.2. The maximum Gasteiger partial charge on any atom is 0.260 e. The topological polar surface area (TPSA) is 113 Å². The Kier molecular flexibility index (Phi) is 7.63. The molecule has 0 spiro atoms. The number of nitrogens with one attached hydrogen (secondary N) is 3. The molecule has 0 radical (unpaired) electrons. The summed E-state index contributed by atoms with van der Waals surface area (Å²) in [5, 5.41) is 10.9. The highest BCUT2D eigenvalue weighted by Crippen LogP contribution is 2.39. The van der Waals surface area contributed by atoms with Crippen molar-refractivity contribution >= 4 is 45.4 Å². The highest BCUT2D eigenvalue weighted by molar-refractivity contribution is 6.07. The largest absolute Gasteiger partial charge is 0.381 e. The Morgan fingerprint density at radius 3 is 2.53 bits per heavy atom. The molecular weight excluding hydrogens is 566 g/mol. The molecule has 5 heterocycles. The van der Waals surface area contributed by atoms with Crippen LogP contribution in [0.2, 0.25) is 0 Å². The molecule has 3 aliphatic heterocycles. The Bertz CT molecular complexity index is 1820. The molecule has 0 amide bonds. The quantitative estimate of drug-likeness (QED) is 0.279. The summed E-state index contributed by atoms with van der Waals surface area (Å²) in [4.78, 5) is 40.7. The van der Waals surface area contributed by atoms with Crippen LogP contribution in [0.3, 0.4) is 0 Å². The SMILES string of the molecule is C=C(c1cc2cnc(Nc3ccc(N4CCNCC4)cc3)nc2n(C2C(=O)c3ccccc3NC2(C)C)c1=O)C1CCOCC1. The summed E-state index contributed by atoms with van der Waals surface area (Å²) in [5.41, 5.74) is 3.87. The average Bonchev–Trinajstić information content (AvgIpc) is 3.06. The number of ether oxygens (including phenoxy) is 1. The number of allylic oxidation sites excluding steroid dienone is 1. The van der Waals surface area contributed by atoms with E-state index in [-0.39, 0.29) is 17.3 Å². The predicted octanol–water partition coefficient (Wildman–Crippen LogP) is 5.01. The van der Waals surface area contributed by atoms with E-state index in [1.165, 1.54) is 5.69 Å². The van der Waals surface area contributed by atoms with Gasteiger partial charge in [0.05, 0.1) is 5.54 Å². The molecule has 0 bridgehead atoms. The van der Waals surface area contributed by atoms with Gasteiger partial charge >= 0.3 is 0 Å². The summed E-state index contributed by atoms with van der Waals surface area (Å²) in [6, 6.07) is 16.6. The first-order chi connectivity index (χ1) is 21.8. The van der Waals surface area contributed by atoms with Gasteiger partial charge in [0.25, 0.3) is 5.56 Å². The van der Waals surface area contributed by atoms with Gasteiger partial charge in [-0.3, -0.25) is 14.2 Å². The minimum Gasteiger partial charge on any atom is -0.381 e. The minimum absolute atomic E-state index is 0.122. The van der Waals surface area contributed by atoms with Crippen molar-refractivity contribution in [2.75, 3.05) is 54.9 Å². The zero-order valence-electron chi connectivity index (χ0n) is 25.8. The standard InChI is InChI=1S/C35H39N7O3/c1-22(23-12-18-45-19-13-23)28-20-24-21-37-34(38-25-8-10-26(11-9-25)41-16-14-36-15-17-41)39-32(24)42(33(28)44)31-30(43)27-6-4-5-7-29(27)40-35(31,2)3/h4-11,20-21,23,31,36,40H,1,12-19H2,2-3H3,(H,37,38,39). The van der Waals surface area contributed by atoms with Gasteiger partial charge in [0, 0.05) is 79.2 Å². The number of nitrogens with zero attached hydrogens (tertiary/aromatic N) is 4. The molecule has 2 aromatic heterocycles. The molecule has 3 aliphatic rings. The zero-order valence-corrected chi connectivity index (χ0v) is 25.8. The molecule has 10 heteroatoms. The van der Waals surface area contributed by atoms with Crippen molar-refractivity contribution in [2.45, 2.75) is 38.3 Å². The molecule has 2 fully saturated rings. The number of piperazine rings is 1. The zero-order chi connectivity index (χ0) is 31.1. The number of Topliss-reactive ketones (excluding diaryl/α,β-unsaturated/α-hetero) is 1. The Morgan fingerprint density at radius 1 is 1.04 bits per heavy atom. The normalized spacial score (nSPS) is 20.0. The Labute approximate surface area is 262 Å². The third-order valence-corrected chi connectivity index (χ3v) is 9.28.